The van der Waals surface area contributed by atoms with E-state index in [1.165, 1.54) is 0 Å². The average molecular weight is 235 g/mol. The molecule has 0 aromatic heterocycles. The van der Waals surface area contributed by atoms with Crippen LogP contribution in [0.1, 0.15) is 6.42 Å². The van der Waals surface area contributed by atoms with Crippen LogP contribution in [0, 0.1) is 0 Å². The van der Waals surface area contributed by atoms with E-state index in [9.17, 15) is 4.39 Å². The van der Waals surface area contributed by atoms with Crippen LogP contribution < -0.4 is 0 Å². The minimum absolute atomic E-state index is 0.322. The fourth-order valence-corrected chi connectivity index (χ4v) is 4.41. The Morgan fingerprint density at radius 3 is 2.00 bits per heavy atom. The van der Waals surface area contributed by atoms with Crippen molar-refractivity contribution in [3.05, 3.63) is 0 Å². The smallest absolute Gasteiger partial charge is 0.372 e. The highest BCUT2D eigenvalue weighted by Gasteiger charge is 2.43. The van der Waals surface area contributed by atoms with Crippen molar-refractivity contribution in [3.8, 4) is 0 Å². The van der Waals surface area contributed by atoms with Gasteiger partial charge in [-0.05, 0) is 6.42 Å². The highest BCUT2D eigenvalue weighted by molar-refractivity contribution is 6.60. The molecule has 3 aliphatic rings. The van der Waals surface area contributed by atoms with Crippen molar-refractivity contribution in [2.45, 2.75) is 12.5 Å². The van der Waals surface area contributed by atoms with E-state index in [0.717, 1.165) is 19.6 Å². The first-order valence-electron chi connectivity index (χ1n) is 5.55. The number of rotatable bonds is 3. The first-order chi connectivity index (χ1) is 7.35. The lowest BCUT2D eigenvalue weighted by molar-refractivity contribution is -0.00874. The van der Waals surface area contributed by atoms with Gasteiger partial charge in [-0.3, -0.25) is 9.29 Å². The van der Waals surface area contributed by atoms with E-state index >= 15 is 0 Å². The lowest BCUT2D eigenvalue weighted by atomic mass is 10.4. The Kier molecular flexibility index (Phi) is 4.10. The molecular formula is C9H18FNO3Si. The maximum atomic E-state index is 12.2. The molecule has 0 N–H and O–H groups in total. The number of alkyl halides is 1. The summed E-state index contributed by atoms with van der Waals surface area (Å²) in [7, 11) is -2.51. The van der Waals surface area contributed by atoms with Crippen LogP contribution in [0.2, 0.25) is 6.04 Å². The van der Waals surface area contributed by atoms with Gasteiger partial charge in [-0.15, -0.1) is 0 Å². The van der Waals surface area contributed by atoms with Crippen LogP contribution in [0.15, 0.2) is 0 Å². The van der Waals surface area contributed by atoms with E-state index < -0.39 is 8.80 Å². The topological polar surface area (TPSA) is 30.9 Å². The summed E-state index contributed by atoms with van der Waals surface area (Å²) in [5, 5.41) is 0. The number of halogens is 1. The van der Waals surface area contributed by atoms with E-state index in [1.807, 2.05) is 0 Å². The second kappa shape index (κ2) is 5.36. The van der Waals surface area contributed by atoms with Gasteiger partial charge in [-0.25, -0.2) is 0 Å². The van der Waals surface area contributed by atoms with Crippen molar-refractivity contribution in [2.24, 2.45) is 0 Å². The van der Waals surface area contributed by atoms with Crippen molar-refractivity contribution in [2.75, 3.05) is 46.1 Å². The highest BCUT2D eigenvalue weighted by Crippen LogP contribution is 2.21. The molecule has 0 atom stereocenters. The van der Waals surface area contributed by atoms with E-state index in [0.29, 0.717) is 32.3 Å². The standard InChI is InChI=1S/C9H18FNO3Si/c10-2-1-9-15-12-6-3-11(4-7-13-15)5-8-14-15/h1-9H2. The molecule has 88 valence electrons. The average Bonchev–Trinajstić information content (AvgIpc) is 2.14. The summed E-state index contributed by atoms with van der Waals surface area (Å²) in [6.45, 7) is 4.46. The fourth-order valence-electron chi connectivity index (χ4n) is 1.95. The third-order valence-corrected chi connectivity index (χ3v) is 5.70. The van der Waals surface area contributed by atoms with E-state index in [2.05, 4.69) is 4.90 Å². The third kappa shape index (κ3) is 2.98. The van der Waals surface area contributed by atoms with E-state index in [-0.39, 0.29) is 6.67 Å². The van der Waals surface area contributed by atoms with Gasteiger partial charge in [-0.2, -0.15) is 0 Å². The summed E-state index contributed by atoms with van der Waals surface area (Å²) in [4.78, 5) is 2.27. The SMILES string of the molecule is FCCC[Si]12OCCN(CCO1)CCO2. The monoisotopic (exact) mass is 235 g/mol. The number of nitrogens with zero attached hydrogens (tertiary/aromatic N) is 1. The molecule has 0 aromatic rings. The fraction of sp³-hybridized carbons (Fsp3) is 1.00. The molecule has 2 bridgehead atoms. The Bertz CT molecular complexity index is 175. The zero-order valence-electron chi connectivity index (χ0n) is 8.91. The zero-order chi connectivity index (χ0) is 10.6. The van der Waals surface area contributed by atoms with Crippen LogP contribution >= 0.6 is 0 Å². The molecule has 0 aromatic carbocycles. The maximum absolute atomic E-state index is 12.2. The predicted molar refractivity (Wildman–Crippen MR) is 55.4 cm³/mol. The first kappa shape index (κ1) is 11.5. The second-order valence-electron chi connectivity index (χ2n) is 3.86. The molecule has 3 heterocycles. The van der Waals surface area contributed by atoms with Gasteiger partial charge in [0.1, 0.15) is 0 Å². The molecular weight excluding hydrogens is 217 g/mol. The van der Waals surface area contributed by atoms with Crippen LogP contribution in [0.5, 0.6) is 0 Å². The Morgan fingerprint density at radius 2 is 1.53 bits per heavy atom. The van der Waals surface area contributed by atoms with Gasteiger partial charge in [0.25, 0.3) is 0 Å². The Labute approximate surface area is 90.7 Å². The zero-order valence-corrected chi connectivity index (χ0v) is 9.91. The van der Waals surface area contributed by atoms with Gasteiger partial charge in [0.15, 0.2) is 0 Å². The first-order valence-corrected chi connectivity index (χ1v) is 7.48. The minimum Gasteiger partial charge on any atom is -0.372 e. The number of hydrogen-bond donors (Lipinski definition) is 0. The van der Waals surface area contributed by atoms with E-state index in [1.54, 1.807) is 0 Å². The summed E-state index contributed by atoms with van der Waals surface area (Å²) in [6.07, 6.45) is 0.482. The van der Waals surface area contributed by atoms with Crippen LogP contribution in [0.3, 0.4) is 0 Å². The molecule has 6 heteroatoms. The Balaban J connectivity index is 1.98. The van der Waals surface area contributed by atoms with Gasteiger partial charge in [0.2, 0.25) is 0 Å². The van der Waals surface area contributed by atoms with Gasteiger partial charge in [0, 0.05) is 25.7 Å². The molecule has 3 saturated heterocycles. The van der Waals surface area contributed by atoms with Gasteiger partial charge < -0.3 is 13.3 Å². The Hall–Kier alpha value is -0.0131. The summed E-state index contributed by atoms with van der Waals surface area (Å²) >= 11 is 0. The van der Waals surface area contributed by atoms with Crippen molar-refractivity contribution in [1.82, 2.24) is 4.90 Å². The minimum atomic E-state index is -2.51. The van der Waals surface area contributed by atoms with E-state index in [4.69, 9.17) is 13.3 Å². The normalized spacial score (nSPS) is 37.0. The summed E-state index contributed by atoms with van der Waals surface area (Å²) in [5.41, 5.74) is 0. The molecule has 4 nitrogen and oxygen atoms in total. The Morgan fingerprint density at radius 1 is 1.00 bits per heavy atom. The molecule has 0 spiro atoms. The highest BCUT2D eigenvalue weighted by atomic mass is 28.4. The predicted octanol–water partition coefficient (Wildman–Crippen LogP) is 0.664. The van der Waals surface area contributed by atoms with Crippen molar-refractivity contribution >= 4 is 8.80 Å². The second-order valence-corrected chi connectivity index (χ2v) is 6.59. The quantitative estimate of drug-likeness (QED) is 0.673. The molecule has 0 amide bonds. The van der Waals surface area contributed by atoms with Crippen LogP contribution in [-0.4, -0.2) is 59.8 Å². The van der Waals surface area contributed by atoms with Crippen LogP contribution in [-0.2, 0) is 13.3 Å². The summed E-state index contributed by atoms with van der Waals surface area (Å²) in [5.74, 6) is 0. The van der Waals surface area contributed by atoms with Crippen molar-refractivity contribution in [3.63, 3.8) is 0 Å². The van der Waals surface area contributed by atoms with Crippen LogP contribution in [0.4, 0.5) is 4.39 Å². The molecule has 3 rings (SSSR count). The summed E-state index contributed by atoms with van der Waals surface area (Å²) in [6, 6.07) is 0.615. The molecule has 0 radical (unpaired) electrons. The lowest BCUT2D eigenvalue weighted by Crippen LogP contribution is -2.55. The van der Waals surface area contributed by atoms with Crippen molar-refractivity contribution in [1.29, 1.82) is 0 Å². The molecule has 0 aliphatic carbocycles. The van der Waals surface area contributed by atoms with Gasteiger partial charge in [-0.1, -0.05) is 0 Å². The van der Waals surface area contributed by atoms with Gasteiger partial charge >= 0.3 is 8.80 Å². The summed E-state index contributed by atoms with van der Waals surface area (Å²) < 4.78 is 29.4. The molecule has 0 unspecified atom stereocenters. The maximum Gasteiger partial charge on any atom is 0.501 e. The third-order valence-electron chi connectivity index (χ3n) is 2.81. The molecule has 3 fully saturated rings. The molecule has 15 heavy (non-hydrogen) atoms. The van der Waals surface area contributed by atoms with Crippen LogP contribution in [0.25, 0.3) is 0 Å². The van der Waals surface area contributed by atoms with Crippen molar-refractivity contribution < 1.29 is 17.7 Å². The molecule has 3 aliphatic heterocycles. The van der Waals surface area contributed by atoms with Gasteiger partial charge in [0.05, 0.1) is 26.5 Å². The number of fused-ring (bicyclic) bond motifs is 6. The lowest BCUT2D eigenvalue weighted by Gasteiger charge is -2.38. The largest absolute Gasteiger partial charge is 0.501 e. The molecule has 0 saturated carbocycles. The number of hydrogen-bond acceptors (Lipinski definition) is 4.